The Morgan fingerprint density at radius 3 is 2.68 bits per heavy atom. The van der Waals surface area contributed by atoms with Gasteiger partial charge in [0.25, 0.3) is 11.6 Å². The molecule has 0 spiro atoms. The molecule has 0 aromatic heterocycles. The van der Waals surface area contributed by atoms with Crippen molar-refractivity contribution in [1.29, 1.82) is 0 Å². The van der Waals surface area contributed by atoms with E-state index < -0.39 is 4.92 Å². The second kappa shape index (κ2) is 6.84. The van der Waals surface area contributed by atoms with E-state index in [2.05, 4.69) is 5.32 Å². The van der Waals surface area contributed by atoms with Gasteiger partial charge < -0.3 is 11.1 Å². The van der Waals surface area contributed by atoms with Gasteiger partial charge in [0.2, 0.25) is 0 Å². The lowest BCUT2D eigenvalue weighted by atomic mass is 10.0. The summed E-state index contributed by atoms with van der Waals surface area (Å²) in [6, 6.07) is 5.54. The highest BCUT2D eigenvalue weighted by atomic mass is 16.6. The van der Waals surface area contributed by atoms with Gasteiger partial charge in [-0.1, -0.05) is 19.9 Å². The van der Waals surface area contributed by atoms with Crippen LogP contribution in [-0.2, 0) is 0 Å². The van der Waals surface area contributed by atoms with E-state index in [4.69, 9.17) is 5.73 Å². The van der Waals surface area contributed by atoms with Crippen molar-refractivity contribution in [3.8, 4) is 0 Å². The van der Waals surface area contributed by atoms with Gasteiger partial charge in [-0.25, -0.2) is 0 Å². The van der Waals surface area contributed by atoms with Crippen LogP contribution in [0.15, 0.2) is 24.3 Å². The molecule has 1 unspecified atom stereocenters. The molecule has 1 rings (SSSR count). The molecule has 1 aromatic carbocycles. The summed E-state index contributed by atoms with van der Waals surface area (Å²) in [7, 11) is 0. The highest BCUT2D eigenvalue weighted by Gasteiger charge is 2.15. The third kappa shape index (κ3) is 4.67. The van der Waals surface area contributed by atoms with Crippen LogP contribution in [0.25, 0.3) is 0 Å². The number of nitrogens with one attached hydrogen (secondary N) is 1. The molecule has 104 valence electrons. The lowest BCUT2D eigenvalue weighted by molar-refractivity contribution is -0.384. The Labute approximate surface area is 112 Å². The molecule has 0 bridgehead atoms. The number of nitrogens with zero attached hydrogens (tertiary/aromatic N) is 1. The van der Waals surface area contributed by atoms with Crippen molar-refractivity contribution in [3.05, 3.63) is 39.9 Å². The molecule has 0 heterocycles. The maximum atomic E-state index is 12.0. The van der Waals surface area contributed by atoms with Crippen molar-refractivity contribution in [2.75, 3.05) is 6.54 Å². The number of nitro groups is 1. The second-order valence-electron chi connectivity index (χ2n) is 4.84. The number of amides is 1. The number of nitrogens with two attached hydrogens (primary N) is 1. The van der Waals surface area contributed by atoms with Crippen LogP contribution in [0.5, 0.6) is 0 Å². The molecule has 0 aliphatic heterocycles. The van der Waals surface area contributed by atoms with Crippen LogP contribution in [-0.4, -0.2) is 23.4 Å². The van der Waals surface area contributed by atoms with E-state index in [9.17, 15) is 14.9 Å². The minimum Gasteiger partial charge on any atom is -0.348 e. The molecule has 0 aliphatic carbocycles. The second-order valence-corrected chi connectivity index (χ2v) is 4.84. The first-order valence-corrected chi connectivity index (χ1v) is 6.19. The van der Waals surface area contributed by atoms with Gasteiger partial charge in [-0.15, -0.1) is 0 Å². The first-order chi connectivity index (χ1) is 8.93. The smallest absolute Gasteiger partial charge is 0.270 e. The number of nitro benzene ring substituents is 1. The monoisotopic (exact) mass is 265 g/mol. The SMILES string of the molecule is CC(C)CC(CN)NC(=O)c1cccc([N+](=O)[O-])c1. The summed E-state index contributed by atoms with van der Waals surface area (Å²) in [4.78, 5) is 22.1. The Hall–Kier alpha value is -1.95. The zero-order valence-corrected chi connectivity index (χ0v) is 11.1. The molecule has 0 aliphatic rings. The van der Waals surface area contributed by atoms with Gasteiger partial charge in [-0.05, 0) is 18.4 Å². The normalized spacial score (nSPS) is 12.2. The fourth-order valence-corrected chi connectivity index (χ4v) is 1.81. The van der Waals surface area contributed by atoms with E-state index >= 15 is 0 Å². The average molecular weight is 265 g/mol. The Bertz CT molecular complexity index is 460. The van der Waals surface area contributed by atoms with Gasteiger partial charge >= 0.3 is 0 Å². The summed E-state index contributed by atoms with van der Waals surface area (Å²) in [5, 5.41) is 13.4. The van der Waals surface area contributed by atoms with Crippen LogP contribution in [0.1, 0.15) is 30.6 Å². The molecular formula is C13H19N3O3. The van der Waals surface area contributed by atoms with E-state index in [1.165, 1.54) is 18.2 Å². The van der Waals surface area contributed by atoms with Crippen LogP contribution in [0.3, 0.4) is 0 Å². The van der Waals surface area contributed by atoms with Crippen molar-refractivity contribution in [2.45, 2.75) is 26.3 Å². The number of carbonyl (C=O) groups excluding carboxylic acids is 1. The fraction of sp³-hybridized carbons (Fsp3) is 0.462. The van der Waals surface area contributed by atoms with Crippen LogP contribution in [0.4, 0.5) is 5.69 Å². The summed E-state index contributed by atoms with van der Waals surface area (Å²) in [5.74, 6) is 0.0822. The number of hydrogen-bond donors (Lipinski definition) is 2. The summed E-state index contributed by atoms with van der Waals surface area (Å²) in [6.45, 7) is 4.43. The van der Waals surface area contributed by atoms with Gasteiger partial charge in [-0.3, -0.25) is 14.9 Å². The molecule has 3 N–H and O–H groups in total. The van der Waals surface area contributed by atoms with Gasteiger partial charge in [-0.2, -0.15) is 0 Å². The standard InChI is InChI=1S/C13H19N3O3/c1-9(2)6-11(8-14)15-13(17)10-4-3-5-12(7-10)16(18)19/h3-5,7,9,11H,6,8,14H2,1-2H3,(H,15,17). The molecule has 1 atom stereocenters. The van der Waals surface area contributed by atoms with Crippen LogP contribution >= 0.6 is 0 Å². The first-order valence-electron chi connectivity index (χ1n) is 6.19. The van der Waals surface area contributed by atoms with Gasteiger partial charge in [0.1, 0.15) is 0 Å². The lowest BCUT2D eigenvalue weighted by Crippen LogP contribution is -2.41. The maximum Gasteiger partial charge on any atom is 0.270 e. The minimum absolute atomic E-state index is 0.0965. The molecule has 6 heteroatoms. The lowest BCUT2D eigenvalue weighted by Gasteiger charge is -2.18. The van der Waals surface area contributed by atoms with Crippen LogP contribution in [0.2, 0.25) is 0 Å². The highest BCUT2D eigenvalue weighted by Crippen LogP contribution is 2.13. The maximum absolute atomic E-state index is 12.0. The Morgan fingerprint density at radius 1 is 1.47 bits per heavy atom. The molecule has 6 nitrogen and oxygen atoms in total. The quantitative estimate of drug-likeness (QED) is 0.604. The van der Waals surface area contributed by atoms with Crippen molar-refractivity contribution >= 4 is 11.6 Å². The van der Waals surface area contributed by atoms with E-state index in [0.29, 0.717) is 12.5 Å². The number of benzene rings is 1. The molecular weight excluding hydrogens is 246 g/mol. The molecule has 0 saturated carbocycles. The summed E-state index contributed by atoms with van der Waals surface area (Å²) in [5.41, 5.74) is 5.78. The van der Waals surface area contributed by atoms with Crippen molar-refractivity contribution in [1.82, 2.24) is 5.32 Å². The number of rotatable bonds is 6. The summed E-state index contributed by atoms with van der Waals surface area (Å²) >= 11 is 0. The number of carbonyl (C=O) groups is 1. The topological polar surface area (TPSA) is 98.3 Å². The first kappa shape index (κ1) is 15.1. The Balaban J connectivity index is 2.77. The molecule has 19 heavy (non-hydrogen) atoms. The van der Waals surface area contributed by atoms with Gasteiger partial charge in [0, 0.05) is 30.3 Å². The number of non-ortho nitro benzene ring substituents is 1. The minimum atomic E-state index is -0.523. The third-order valence-electron chi connectivity index (χ3n) is 2.69. The molecule has 0 fully saturated rings. The highest BCUT2D eigenvalue weighted by molar-refractivity contribution is 5.95. The van der Waals surface area contributed by atoms with Gasteiger partial charge in [0.15, 0.2) is 0 Å². The van der Waals surface area contributed by atoms with Crippen LogP contribution in [0, 0.1) is 16.0 Å². The summed E-state index contributed by atoms with van der Waals surface area (Å²) < 4.78 is 0. The van der Waals surface area contributed by atoms with Crippen molar-refractivity contribution in [2.24, 2.45) is 11.7 Å². The third-order valence-corrected chi connectivity index (χ3v) is 2.69. The predicted octanol–water partition coefficient (Wildman–Crippen LogP) is 1.70. The molecule has 1 amide bonds. The van der Waals surface area contributed by atoms with E-state index in [1.807, 2.05) is 13.8 Å². The zero-order chi connectivity index (χ0) is 14.4. The molecule has 1 aromatic rings. The Kier molecular flexibility index (Phi) is 5.44. The van der Waals surface area contributed by atoms with Crippen LogP contribution < -0.4 is 11.1 Å². The van der Waals surface area contributed by atoms with E-state index in [1.54, 1.807) is 6.07 Å². The zero-order valence-electron chi connectivity index (χ0n) is 11.1. The average Bonchev–Trinajstić information content (AvgIpc) is 2.37. The Morgan fingerprint density at radius 2 is 2.16 bits per heavy atom. The molecule has 0 radical (unpaired) electrons. The summed E-state index contributed by atoms with van der Waals surface area (Å²) in [6.07, 6.45) is 0.775. The van der Waals surface area contributed by atoms with Crippen molar-refractivity contribution < 1.29 is 9.72 Å². The number of hydrogen-bond acceptors (Lipinski definition) is 4. The predicted molar refractivity (Wildman–Crippen MR) is 72.9 cm³/mol. The largest absolute Gasteiger partial charge is 0.348 e. The fourth-order valence-electron chi connectivity index (χ4n) is 1.81. The van der Waals surface area contributed by atoms with E-state index in [-0.39, 0.29) is 23.2 Å². The molecule has 0 saturated heterocycles. The van der Waals surface area contributed by atoms with Crippen molar-refractivity contribution in [3.63, 3.8) is 0 Å². The van der Waals surface area contributed by atoms with E-state index in [0.717, 1.165) is 6.42 Å². The van der Waals surface area contributed by atoms with Gasteiger partial charge in [0.05, 0.1) is 4.92 Å².